The number of fused-ring (bicyclic) bond motifs is 1. The van der Waals surface area contributed by atoms with Gasteiger partial charge in [0.25, 0.3) is 5.91 Å². The lowest BCUT2D eigenvalue weighted by atomic mass is 9.90. The number of para-hydroxylation sites is 1. The highest BCUT2D eigenvalue weighted by Crippen LogP contribution is 2.31. The summed E-state index contributed by atoms with van der Waals surface area (Å²) in [7, 11) is 4.01. The summed E-state index contributed by atoms with van der Waals surface area (Å²) >= 11 is 0. The van der Waals surface area contributed by atoms with Crippen LogP contribution in [0.1, 0.15) is 40.2 Å². The third-order valence-corrected chi connectivity index (χ3v) is 6.71. The van der Waals surface area contributed by atoms with Crippen LogP contribution in [-0.4, -0.2) is 43.3 Å². The van der Waals surface area contributed by atoms with Gasteiger partial charge in [0.2, 0.25) is 11.8 Å². The predicted octanol–water partition coefficient (Wildman–Crippen LogP) is 3.95. The SMILES string of the molecule is CN(C)c1ccc(C(CNC(=O)c2ccc(N3NC(=O)CCC3=O)cc2)c2c[nH]c3ccccc23)cc1. The van der Waals surface area contributed by atoms with Crippen LogP contribution in [0.2, 0.25) is 0 Å². The van der Waals surface area contributed by atoms with E-state index >= 15 is 0 Å². The molecule has 3 amide bonds. The van der Waals surface area contributed by atoms with Crippen LogP contribution < -0.4 is 20.7 Å². The summed E-state index contributed by atoms with van der Waals surface area (Å²) in [5.41, 5.74) is 7.93. The third-order valence-electron chi connectivity index (χ3n) is 6.71. The van der Waals surface area contributed by atoms with Gasteiger partial charge in [-0.3, -0.25) is 19.8 Å². The number of hydrogen-bond donors (Lipinski definition) is 3. The second kappa shape index (κ2) is 10.2. The average molecular weight is 496 g/mol. The first-order valence-electron chi connectivity index (χ1n) is 12.2. The number of benzene rings is 3. The number of anilines is 2. The van der Waals surface area contributed by atoms with E-state index in [9.17, 15) is 14.4 Å². The van der Waals surface area contributed by atoms with Crippen molar-refractivity contribution in [3.63, 3.8) is 0 Å². The molecule has 188 valence electrons. The minimum Gasteiger partial charge on any atom is -0.378 e. The summed E-state index contributed by atoms with van der Waals surface area (Å²) in [5, 5.41) is 5.44. The van der Waals surface area contributed by atoms with Gasteiger partial charge < -0.3 is 15.2 Å². The number of H-pyrrole nitrogens is 1. The minimum atomic E-state index is -0.213. The van der Waals surface area contributed by atoms with Gasteiger partial charge in [0, 0.05) is 67.8 Å². The van der Waals surface area contributed by atoms with Crippen LogP contribution in [0.5, 0.6) is 0 Å². The van der Waals surface area contributed by atoms with Crippen molar-refractivity contribution in [1.82, 2.24) is 15.7 Å². The molecule has 1 saturated heterocycles. The van der Waals surface area contributed by atoms with E-state index in [4.69, 9.17) is 0 Å². The van der Waals surface area contributed by atoms with E-state index in [0.717, 1.165) is 27.7 Å². The standard InChI is InChI=1S/C29H29N5O3/c1-33(2)21-11-7-19(8-12-21)24(25-18-30-26-6-4-3-5-23(25)26)17-31-29(37)20-9-13-22(14-10-20)34-28(36)16-15-27(35)32-34/h3-14,18,24,30H,15-17H2,1-2H3,(H,31,37)(H,32,35). The van der Waals surface area contributed by atoms with Gasteiger partial charge in [-0.05, 0) is 53.6 Å². The van der Waals surface area contributed by atoms with Crippen molar-refractivity contribution in [2.24, 2.45) is 0 Å². The van der Waals surface area contributed by atoms with Gasteiger partial charge in [-0.2, -0.15) is 0 Å². The number of hydrogen-bond acceptors (Lipinski definition) is 4. The van der Waals surface area contributed by atoms with Crippen LogP contribution in [0, 0.1) is 0 Å². The lowest BCUT2D eigenvalue weighted by Gasteiger charge is -2.27. The Morgan fingerprint density at radius 3 is 2.43 bits per heavy atom. The van der Waals surface area contributed by atoms with Crippen molar-refractivity contribution < 1.29 is 14.4 Å². The van der Waals surface area contributed by atoms with E-state index in [1.54, 1.807) is 24.3 Å². The Morgan fingerprint density at radius 2 is 1.70 bits per heavy atom. The highest BCUT2D eigenvalue weighted by Gasteiger charge is 2.25. The number of nitrogens with one attached hydrogen (secondary N) is 3. The Kier molecular flexibility index (Phi) is 6.64. The molecule has 3 N–H and O–H groups in total. The third kappa shape index (κ3) is 5.04. The average Bonchev–Trinajstić information content (AvgIpc) is 3.34. The Hall–Kier alpha value is -4.59. The maximum atomic E-state index is 13.1. The molecule has 8 heteroatoms. The molecule has 0 aliphatic carbocycles. The quantitative estimate of drug-likeness (QED) is 0.362. The number of aromatic amines is 1. The Bertz CT molecular complexity index is 1440. The van der Waals surface area contributed by atoms with Gasteiger partial charge in [0.15, 0.2) is 0 Å². The van der Waals surface area contributed by atoms with Gasteiger partial charge in [0.05, 0.1) is 5.69 Å². The lowest BCUT2D eigenvalue weighted by Crippen LogP contribution is -2.50. The molecule has 1 aliphatic heterocycles. The zero-order valence-corrected chi connectivity index (χ0v) is 20.8. The fourth-order valence-corrected chi connectivity index (χ4v) is 4.64. The Balaban J connectivity index is 1.36. The van der Waals surface area contributed by atoms with Crippen molar-refractivity contribution in [2.75, 3.05) is 30.5 Å². The normalized spacial score (nSPS) is 14.4. The number of amides is 3. The first-order valence-corrected chi connectivity index (χ1v) is 12.2. The topological polar surface area (TPSA) is 97.5 Å². The van der Waals surface area contributed by atoms with Crippen LogP contribution >= 0.6 is 0 Å². The van der Waals surface area contributed by atoms with Crippen molar-refractivity contribution in [2.45, 2.75) is 18.8 Å². The molecule has 2 heterocycles. The molecule has 0 bridgehead atoms. The van der Waals surface area contributed by atoms with Crippen molar-refractivity contribution >= 4 is 40.0 Å². The van der Waals surface area contributed by atoms with E-state index in [1.807, 2.05) is 38.5 Å². The summed E-state index contributed by atoms with van der Waals surface area (Å²) < 4.78 is 0. The highest BCUT2D eigenvalue weighted by molar-refractivity contribution is 6.01. The maximum Gasteiger partial charge on any atom is 0.251 e. The number of carbonyl (C=O) groups excluding carboxylic acids is 3. The first kappa shape index (κ1) is 24.1. The summed E-state index contributed by atoms with van der Waals surface area (Å²) in [4.78, 5) is 42.3. The van der Waals surface area contributed by atoms with Gasteiger partial charge >= 0.3 is 0 Å². The first-order chi connectivity index (χ1) is 17.9. The number of nitrogens with zero attached hydrogens (tertiary/aromatic N) is 2. The van der Waals surface area contributed by atoms with Crippen molar-refractivity contribution in [3.8, 4) is 0 Å². The number of hydrazine groups is 1. The molecule has 37 heavy (non-hydrogen) atoms. The zero-order chi connectivity index (χ0) is 25.9. The number of carbonyl (C=O) groups is 3. The van der Waals surface area contributed by atoms with Crippen molar-refractivity contribution in [1.29, 1.82) is 0 Å². The lowest BCUT2D eigenvalue weighted by molar-refractivity contribution is -0.130. The second-order valence-corrected chi connectivity index (χ2v) is 9.35. The minimum absolute atomic E-state index is 0.0585. The van der Waals surface area contributed by atoms with Crippen LogP contribution in [0.4, 0.5) is 11.4 Å². The van der Waals surface area contributed by atoms with Gasteiger partial charge in [-0.15, -0.1) is 0 Å². The molecule has 8 nitrogen and oxygen atoms in total. The molecule has 1 atom stereocenters. The van der Waals surface area contributed by atoms with Gasteiger partial charge in [-0.25, -0.2) is 5.01 Å². The number of rotatable bonds is 7. The maximum absolute atomic E-state index is 13.1. The van der Waals surface area contributed by atoms with Crippen LogP contribution in [-0.2, 0) is 9.59 Å². The Morgan fingerprint density at radius 1 is 0.973 bits per heavy atom. The molecular formula is C29H29N5O3. The molecule has 0 radical (unpaired) electrons. The molecule has 1 aromatic heterocycles. The summed E-state index contributed by atoms with van der Waals surface area (Å²) in [6, 6.07) is 23.2. The summed E-state index contributed by atoms with van der Waals surface area (Å²) in [6.45, 7) is 0.407. The van der Waals surface area contributed by atoms with E-state index < -0.39 is 0 Å². The summed E-state index contributed by atoms with van der Waals surface area (Å²) in [5.74, 6) is -0.658. The Labute approximate surface area is 215 Å². The number of aromatic nitrogens is 1. The van der Waals surface area contributed by atoms with Crippen molar-refractivity contribution in [3.05, 3.63) is 95.7 Å². The monoisotopic (exact) mass is 495 g/mol. The predicted molar refractivity (Wildman–Crippen MR) is 145 cm³/mol. The molecule has 0 saturated carbocycles. The van der Waals surface area contributed by atoms with E-state index in [0.29, 0.717) is 17.8 Å². The van der Waals surface area contributed by atoms with Crippen LogP contribution in [0.15, 0.2) is 79.0 Å². The molecule has 1 fully saturated rings. The smallest absolute Gasteiger partial charge is 0.251 e. The van der Waals surface area contributed by atoms with E-state index in [2.05, 4.69) is 51.0 Å². The van der Waals surface area contributed by atoms with E-state index in [1.165, 1.54) is 5.01 Å². The summed E-state index contributed by atoms with van der Waals surface area (Å²) in [6.07, 6.45) is 2.37. The largest absolute Gasteiger partial charge is 0.378 e. The molecule has 3 aromatic carbocycles. The zero-order valence-electron chi connectivity index (χ0n) is 20.8. The second-order valence-electron chi connectivity index (χ2n) is 9.35. The highest BCUT2D eigenvalue weighted by atomic mass is 16.2. The fourth-order valence-electron chi connectivity index (χ4n) is 4.64. The van der Waals surface area contributed by atoms with E-state index in [-0.39, 0.29) is 36.5 Å². The van der Waals surface area contributed by atoms with Crippen LogP contribution in [0.3, 0.4) is 0 Å². The molecule has 0 spiro atoms. The fraction of sp³-hybridized carbons (Fsp3) is 0.207. The van der Waals surface area contributed by atoms with Gasteiger partial charge in [-0.1, -0.05) is 30.3 Å². The molecule has 4 aromatic rings. The molecule has 1 unspecified atom stereocenters. The van der Waals surface area contributed by atoms with Crippen LogP contribution in [0.25, 0.3) is 10.9 Å². The van der Waals surface area contributed by atoms with Gasteiger partial charge in [0.1, 0.15) is 0 Å². The molecule has 5 rings (SSSR count). The molecule has 1 aliphatic rings. The molecular weight excluding hydrogens is 466 g/mol.